The summed E-state index contributed by atoms with van der Waals surface area (Å²) in [5.41, 5.74) is 3.09. The van der Waals surface area contributed by atoms with Gasteiger partial charge in [0.15, 0.2) is 5.58 Å². The number of methoxy groups -OCH3 is 1. The van der Waals surface area contributed by atoms with Crippen LogP contribution in [-0.2, 0) is 6.54 Å². The van der Waals surface area contributed by atoms with E-state index in [1.165, 1.54) is 18.4 Å². The Morgan fingerprint density at radius 1 is 1.12 bits per heavy atom. The summed E-state index contributed by atoms with van der Waals surface area (Å²) in [5, 5.41) is 3.37. The number of nitrogens with zero attached hydrogens (tertiary/aromatic N) is 2. The van der Waals surface area contributed by atoms with E-state index in [-0.39, 0.29) is 0 Å². The van der Waals surface area contributed by atoms with Crippen LogP contribution >= 0.6 is 0 Å². The third-order valence-electron chi connectivity index (χ3n) is 5.11. The van der Waals surface area contributed by atoms with Crippen molar-refractivity contribution < 1.29 is 9.15 Å². The van der Waals surface area contributed by atoms with Crippen molar-refractivity contribution in [3.8, 4) is 5.75 Å². The number of nitrogens with one attached hydrogen (secondary N) is 1. The molecule has 136 valence electrons. The van der Waals surface area contributed by atoms with Crippen molar-refractivity contribution in [3.05, 3.63) is 54.1 Å². The Morgan fingerprint density at radius 3 is 2.62 bits per heavy atom. The van der Waals surface area contributed by atoms with E-state index in [2.05, 4.69) is 27.3 Å². The van der Waals surface area contributed by atoms with Gasteiger partial charge in [-0.2, -0.15) is 4.98 Å². The minimum atomic E-state index is 0.631. The van der Waals surface area contributed by atoms with E-state index >= 15 is 0 Å². The second kappa shape index (κ2) is 7.79. The Morgan fingerprint density at radius 2 is 1.88 bits per heavy atom. The summed E-state index contributed by atoms with van der Waals surface area (Å²) in [6.45, 7) is 4.19. The number of para-hydroxylation sites is 2. The molecule has 2 heterocycles. The average molecular weight is 351 g/mol. The Kier molecular flexibility index (Phi) is 5.07. The molecule has 0 atom stereocenters. The predicted octanol–water partition coefficient (Wildman–Crippen LogP) is 4.16. The monoisotopic (exact) mass is 351 g/mol. The Bertz CT molecular complexity index is 803. The number of rotatable bonds is 6. The van der Waals surface area contributed by atoms with E-state index < -0.39 is 0 Å². The molecule has 26 heavy (non-hydrogen) atoms. The van der Waals surface area contributed by atoms with Crippen LogP contribution in [0.5, 0.6) is 5.75 Å². The molecular weight excluding hydrogens is 326 g/mol. The molecule has 1 N–H and O–H groups in total. The summed E-state index contributed by atoms with van der Waals surface area (Å²) in [7, 11) is 1.70. The number of ether oxygens (including phenoxy) is 1. The molecule has 5 nitrogen and oxygen atoms in total. The molecule has 4 rings (SSSR count). The lowest BCUT2D eigenvalue weighted by atomic mass is 9.96. The van der Waals surface area contributed by atoms with Crippen LogP contribution in [0.2, 0.25) is 0 Å². The predicted molar refractivity (Wildman–Crippen MR) is 103 cm³/mol. The zero-order chi connectivity index (χ0) is 17.8. The zero-order valence-corrected chi connectivity index (χ0v) is 15.1. The second-order valence-corrected chi connectivity index (χ2v) is 6.94. The maximum Gasteiger partial charge on any atom is 0.295 e. The van der Waals surface area contributed by atoms with Crippen LogP contribution in [0.25, 0.3) is 11.1 Å². The highest BCUT2D eigenvalue weighted by molar-refractivity contribution is 5.74. The normalized spacial score (nSPS) is 16.0. The first-order valence-electron chi connectivity index (χ1n) is 9.25. The van der Waals surface area contributed by atoms with Crippen LogP contribution in [0.15, 0.2) is 52.9 Å². The minimum absolute atomic E-state index is 0.631. The lowest BCUT2D eigenvalue weighted by Crippen LogP contribution is -2.35. The molecular formula is C21H25N3O2. The fourth-order valence-corrected chi connectivity index (χ4v) is 3.52. The van der Waals surface area contributed by atoms with Gasteiger partial charge < -0.3 is 14.5 Å². The molecule has 0 radical (unpaired) electrons. The lowest BCUT2D eigenvalue weighted by molar-refractivity contribution is 0.182. The van der Waals surface area contributed by atoms with Gasteiger partial charge in [0.1, 0.15) is 11.3 Å². The van der Waals surface area contributed by atoms with Gasteiger partial charge in [-0.25, -0.2) is 0 Å². The summed E-state index contributed by atoms with van der Waals surface area (Å²) in [4.78, 5) is 7.01. The van der Waals surface area contributed by atoms with E-state index in [4.69, 9.17) is 9.15 Å². The first-order valence-corrected chi connectivity index (χ1v) is 9.25. The third kappa shape index (κ3) is 3.99. The maximum atomic E-state index is 5.74. The molecule has 0 bridgehead atoms. The van der Waals surface area contributed by atoms with Crippen LogP contribution in [0, 0.1) is 5.92 Å². The molecule has 0 spiro atoms. The summed E-state index contributed by atoms with van der Waals surface area (Å²) >= 11 is 0. The molecule has 1 aromatic heterocycles. The highest BCUT2D eigenvalue weighted by atomic mass is 16.5. The van der Waals surface area contributed by atoms with E-state index in [1.807, 2.05) is 36.4 Å². The van der Waals surface area contributed by atoms with E-state index in [1.54, 1.807) is 7.11 Å². The molecule has 1 aliphatic rings. The fraction of sp³-hybridized carbons (Fsp3) is 0.381. The second-order valence-electron chi connectivity index (χ2n) is 6.94. The standard InChI is InChI=1S/C21H25N3O2/c1-25-18-8-6-17(7-9-18)15-24-12-10-16(11-13-24)14-22-21-23-19-4-2-3-5-20(19)26-21/h2-9,16H,10-15H2,1H3,(H,22,23). The number of fused-ring (bicyclic) bond motifs is 1. The van der Waals surface area contributed by atoms with Crippen molar-refractivity contribution >= 4 is 17.1 Å². The van der Waals surface area contributed by atoms with Crippen LogP contribution < -0.4 is 10.1 Å². The summed E-state index contributed by atoms with van der Waals surface area (Å²) < 4.78 is 11.0. The highest BCUT2D eigenvalue weighted by Crippen LogP contribution is 2.22. The van der Waals surface area contributed by atoms with E-state index in [0.29, 0.717) is 11.9 Å². The van der Waals surface area contributed by atoms with Gasteiger partial charge in [-0.3, -0.25) is 4.90 Å². The molecule has 0 unspecified atom stereocenters. The first kappa shape index (κ1) is 16.9. The molecule has 0 amide bonds. The number of benzene rings is 2. The number of piperidine rings is 1. The van der Waals surface area contributed by atoms with Crippen molar-refractivity contribution in [1.29, 1.82) is 0 Å². The van der Waals surface area contributed by atoms with Gasteiger partial charge in [-0.15, -0.1) is 0 Å². The number of hydrogen-bond donors (Lipinski definition) is 1. The van der Waals surface area contributed by atoms with Crippen molar-refractivity contribution in [3.63, 3.8) is 0 Å². The van der Waals surface area contributed by atoms with E-state index in [9.17, 15) is 0 Å². The van der Waals surface area contributed by atoms with Crippen molar-refractivity contribution in [2.24, 2.45) is 5.92 Å². The van der Waals surface area contributed by atoms with Crippen molar-refractivity contribution in [2.75, 3.05) is 32.1 Å². The Labute approximate surface area is 154 Å². The molecule has 1 fully saturated rings. The number of aromatic nitrogens is 1. The van der Waals surface area contributed by atoms with Gasteiger partial charge in [0.05, 0.1) is 7.11 Å². The molecule has 5 heteroatoms. The van der Waals surface area contributed by atoms with Gasteiger partial charge in [0.2, 0.25) is 0 Å². The first-order chi connectivity index (χ1) is 12.8. The molecule has 0 saturated carbocycles. The summed E-state index contributed by atoms with van der Waals surface area (Å²) in [6.07, 6.45) is 2.40. The Hall–Kier alpha value is -2.53. The van der Waals surface area contributed by atoms with Crippen LogP contribution in [0.3, 0.4) is 0 Å². The van der Waals surface area contributed by atoms with Gasteiger partial charge in [0.25, 0.3) is 6.01 Å². The van der Waals surface area contributed by atoms with Crippen molar-refractivity contribution in [1.82, 2.24) is 9.88 Å². The zero-order valence-electron chi connectivity index (χ0n) is 15.1. The number of oxazole rings is 1. The van der Waals surface area contributed by atoms with Gasteiger partial charge >= 0.3 is 0 Å². The topological polar surface area (TPSA) is 50.5 Å². The largest absolute Gasteiger partial charge is 0.497 e. The fourth-order valence-electron chi connectivity index (χ4n) is 3.52. The van der Waals surface area contributed by atoms with E-state index in [0.717, 1.165) is 43.0 Å². The van der Waals surface area contributed by atoms with Crippen LogP contribution in [0.4, 0.5) is 6.01 Å². The maximum absolute atomic E-state index is 5.74. The molecule has 2 aromatic carbocycles. The summed E-state index contributed by atoms with van der Waals surface area (Å²) in [6, 6.07) is 16.9. The number of likely N-dealkylation sites (tertiary alicyclic amines) is 1. The molecule has 1 aliphatic heterocycles. The third-order valence-corrected chi connectivity index (χ3v) is 5.11. The summed E-state index contributed by atoms with van der Waals surface area (Å²) in [5.74, 6) is 1.58. The van der Waals surface area contributed by atoms with Crippen LogP contribution in [-0.4, -0.2) is 36.6 Å². The molecule has 1 saturated heterocycles. The van der Waals surface area contributed by atoms with Gasteiger partial charge in [-0.1, -0.05) is 24.3 Å². The SMILES string of the molecule is COc1ccc(CN2CCC(CNc3nc4ccccc4o3)CC2)cc1. The minimum Gasteiger partial charge on any atom is -0.497 e. The highest BCUT2D eigenvalue weighted by Gasteiger charge is 2.19. The van der Waals surface area contributed by atoms with Gasteiger partial charge in [-0.05, 0) is 61.7 Å². The number of hydrogen-bond acceptors (Lipinski definition) is 5. The Balaban J connectivity index is 1.24. The molecule has 3 aromatic rings. The average Bonchev–Trinajstić information content (AvgIpc) is 3.11. The number of anilines is 1. The smallest absolute Gasteiger partial charge is 0.295 e. The van der Waals surface area contributed by atoms with Crippen molar-refractivity contribution in [2.45, 2.75) is 19.4 Å². The lowest BCUT2D eigenvalue weighted by Gasteiger charge is -2.31. The quantitative estimate of drug-likeness (QED) is 0.723. The van der Waals surface area contributed by atoms with Crippen LogP contribution in [0.1, 0.15) is 18.4 Å². The molecule has 0 aliphatic carbocycles. The van der Waals surface area contributed by atoms with Gasteiger partial charge in [0, 0.05) is 13.1 Å².